The fourth-order valence-electron chi connectivity index (χ4n) is 3.05. The maximum atomic E-state index is 5.98. The number of benzene rings is 1. The number of ether oxygens (including phenoxy) is 1. The number of aryl methyl sites for hydroxylation is 3. The lowest BCUT2D eigenvalue weighted by molar-refractivity contribution is 0.291. The Labute approximate surface area is 164 Å². The monoisotopic (exact) mass is 415 g/mol. The van der Waals surface area contributed by atoms with E-state index in [2.05, 4.69) is 51.0 Å². The Bertz CT molecular complexity index is 804. The predicted octanol–water partition coefficient (Wildman–Crippen LogP) is 5.22. The summed E-state index contributed by atoms with van der Waals surface area (Å²) in [4.78, 5) is 11.1. The van der Waals surface area contributed by atoms with E-state index in [4.69, 9.17) is 4.74 Å². The third kappa shape index (κ3) is 4.64. The summed E-state index contributed by atoms with van der Waals surface area (Å²) in [7, 11) is 2.00. The highest BCUT2D eigenvalue weighted by Gasteiger charge is 2.11. The number of fused-ring (bicyclic) bond motifs is 1. The second-order valence-electron chi connectivity index (χ2n) is 6.80. The van der Waals surface area contributed by atoms with Crippen LogP contribution in [0.3, 0.4) is 0 Å². The number of nitrogens with zero attached hydrogens (tertiary/aromatic N) is 3. The van der Waals surface area contributed by atoms with Crippen LogP contribution >= 0.6 is 15.9 Å². The fourth-order valence-corrected chi connectivity index (χ4v) is 3.47. The molecule has 0 radical (unpaired) electrons. The second-order valence-corrected chi connectivity index (χ2v) is 7.65. The Morgan fingerprint density at radius 2 is 2.00 bits per heavy atom. The van der Waals surface area contributed by atoms with Crippen LogP contribution in [0.1, 0.15) is 42.1 Å². The predicted molar refractivity (Wildman–Crippen MR) is 111 cm³/mol. The van der Waals surface area contributed by atoms with Crippen molar-refractivity contribution in [3.63, 3.8) is 0 Å². The van der Waals surface area contributed by atoms with E-state index in [-0.39, 0.29) is 0 Å². The zero-order chi connectivity index (χ0) is 18.5. The van der Waals surface area contributed by atoms with Gasteiger partial charge in [-0.25, -0.2) is 9.98 Å². The molecule has 0 atom stereocenters. The van der Waals surface area contributed by atoms with Crippen molar-refractivity contribution in [1.82, 2.24) is 9.88 Å². The van der Waals surface area contributed by atoms with Gasteiger partial charge in [0.05, 0.1) is 22.2 Å². The van der Waals surface area contributed by atoms with Crippen molar-refractivity contribution in [2.24, 2.45) is 4.99 Å². The molecule has 0 saturated carbocycles. The van der Waals surface area contributed by atoms with Gasteiger partial charge in [-0.2, -0.15) is 0 Å². The Morgan fingerprint density at radius 3 is 2.77 bits per heavy atom. The lowest BCUT2D eigenvalue weighted by Crippen LogP contribution is -2.14. The van der Waals surface area contributed by atoms with Crippen LogP contribution in [-0.4, -0.2) is 29.8 Å². The molecule has 0 spiro atoms. The molecule has 2 aromatic rings. The maximum absolute atomic E-state index is 5.98. The van der Waals surface area contributed by atoms with Crippen molar-refractivity contribution >= 4 is 28.0 Å². The molecule has 0 fully saturated rings. The molecule has 0 N–H and O–H groups in total. The Hall–Kier alpha value is -1.88. The van der Waals surface area contributed by atoms with E-state index in [1.54, 1.807) is 0 Å². The average Bonchev–Trinajstić information content (AvgIpc) is 2.66. The standard InChI is InChI=1S/C21H26BrN3O/c1-4-25(3)14-23-20-12-19(22)21(24-15(20)2)26-13-16-9-10-17-7-5-6-8-18(17)11-16/h9-12,14H,4-8,13H2,1-3H3. The van der Waals surface area contributed by atoms with Crippen molar-refractivity contribution in [2.75, 3.05) is 13.6 Å². The minimum atomic E-state index is 0.527. The highest BCUT2D eigenvalue weighted by Crippen LogP contribution is 2.30. The van der Waals surface area contributed by atoms with E-state index in [1.807, 2.05) is 31.3 Å². The third-order valence-corrected chi connectivity index (χ3v) is 5.36. The minimum Gasteiger partial charge on any atom is -0.472 e. The summed E-state index contributed by atoms with van der Waals surface area (Å²) in [5.74, 6) is 0.614. The van der Waals surface area contributed by atoms with E-state index in [0.29, 0.717) is 12.5 Å². The first-order valence-electron chi connectivity index (χ1n) is 9.22. The van der Waals surface area contributed by atoms with Crippen LogP contribution in [0.25, 0.3) is 0 Å². The molecule has 0 saturated heterocycles. The first kappa shape index (κ1) is 18.9. The van der Waals surface area contributed by atoms with E-state index < -0.39 is 0 Å². The number of rotatable bonds is 6. The molecule has 26 heavy (non-hydrogen) atoms. The van der Waals surface area contributed by atoms with Crippen LogP contribution in [0.4, 0.5) is 5.69 Å². The molecule has 0 bridgehead atoms. The topological polar surface area (TPSA) is 37.7 Å². The molecule has 1 heterocycles. The van der Waals surface area contributed by atoms with E-state index in [1.165, 1.54) is 42.4 Å². The van der Waals surface area contributed by atoms with Crippen molar-refractivity contribution in [3.8, 4) is 5.88 Å². The van der Waals surface area contributed by atoms with Gasteiger partial charge in [0.2, 0.25) is 5.88 Å². The molecule has 0 aliphatic heterocycles. The van der Waals surface area contributed by atoms with Crippen LogP contribution in [0.15, 0.2) is 33.7 Å². The van der Waals surface area contributed by atoms with E-state index in [0.717, 1.165) is 22.4 Å². The Morgan fingerprint density at radius 1 is 1.23 bits per heavy atom. The zero-order valence-electron chi connectivity index (χ0n) is 15.8. The van der Waals surface area contributed by atoms with Crippen molar-refractivity contribution in [2.45, 2.75) is 46.1 Å². The number of aliphatic imine (C=N–C) groups is 1. The largest absolute Gasteiger partial charge is 0.472 e. The van der Waals surface area contributed by atoms with Gasteiger partial charge in [0, 0.05) is 13.6 Å². The lowest BCUT2D eigenvalue weighted by atomic mass is 9.90. The van der Waals surface area contributed by atoms with Crippen LogP contribution in [0.2, 0.25) is 0 Å². The van der Waals surface area contributed by atoms with Gasteiger partial charge >= 0.3 is 0 Å². The van der Waals surface area contributed by atoms with E-state index in [9.17, 15) is 0 Å². The summed E-state index contributed by atoms with van der Waals surface area (Å²) in [6.45, 7) is 5.49. The highest BCUT2D eigenvalue weighted by molar-refractivity contribution is 9.10. The molecular weight excluding hydrogens is 390 g/mol. The summed E-state index contributed by atoms with van der Waals surface area (Å²) in [6.07, 6.45) is 6.81. The smallest absolute Gasteiger partial charge is 0.228 e. The number of pyridine rings is 1. The third-order valence-electron chi connectivity index (χ3n) is 4.79. The summed E-state index contributed by atoms with van der Waals surface area (Å²) in [5.41, 5.74) is 5.87. The highest BCUT2D eigenvalue weighted by atomic mass is 79.9. The molecule has 4 nitrogen and oxygen atoms in total. The molecule has 1 aliphatic rings. The van der Waals surface area contributed by atoms with Gasteiger partial charge in [-0.05, 0) is 78.2 Å². The molecule has 138 valence electrons. The summed E-state index contributed by atoms with van der Waals surface area (Å²) >= 11 is 3.56. The Balaban J connectivity index is 1.70. The van der Waals surface area contributed by atoms with E-state index >= 15 is 0 Å². The maximum Gasteiger partial charge on any atom is 0.228 e. The minimum absolute atomic E-state index is 0.527. The summed E-state index contributed by atoms with van der Waals surface area (Å²) in [5, 5.41) is 0. The molecule has 0 amide bonds. The second kappa shape index (κ2) is 8.67. The average molecular weight is 416 g/mol. The van der Waals surface area contributed by atoms with Gasteiger partial charge in [-0.3, -0.25) is 0 Å². The normalized spacial score (nSPS) is 13.7. The molecule has 3 rings (SSSR count). The number of hydrogen-bond donors (Lipinski definition) is 0. The van der Waals surface area contributed by atoms with Crippen molar-refractivity contribution in [1.29, 1.82) is 0 Å². The van der Waals surface area contributed by atoms with Gasteiger partial charge in [-0.15, -0.1) is 0 Å². The van der Waals surface area contributed by atoms with Gasteiger partial charge in [0.25, 0.3) is 0 Å². The number of aromatic nitrogens is 1. The van der Waals surface area contributed by atoms with Gasteiger partial charge < -0.3 is 9.64 Å². The first-order chi connectivity index (χ1) is 12.6. The SMILES string of the molecule is CCN(C)C=Nc1cc(Br)c(OCc2ccc3c(c2)CCCC3)nc1C. The Kier molecular flexibility index (Phi) is 6.30. The first-order valence-corrected chi connectivity index (χ1v) is 10.0. The number of hydrogen-bond acceptors (Lipinski definition) is 3. The van der Waals surface area contributed by atoms with Gasteiger partial charge in [0.15, 0.2) is 0 Å². The quantitative estimate of drug-likeness (QED) is 0.479. The van der Waals surface area contributed by atoms with Crippen molar-refractivity contribution < 1.29 is 4.74 Å². The molecule has 1 aromatic carbocycles. The summed E-state index contributed by atoms with van der Waals surface area (Å²) in [6, 6.07) is 8.67. The lowest BCUT2D eigenvalue weighted by Gasteiger charge is -2.17. The van der Waals surface area contributed by atoms with Crippen LogP contribution < -0.4 is 4.74 Å². The molecule has 5 heteroatoms. The molecular formula is C21H26BrN3O. The molecule has 0 unspecified atom stereocenters. The van der Waals surface area contributed by atoms with Crippen molar-refractivity contribution in [3.05, 3.63) is 51.1 Å². The number of halogens is 1. The van der Waals surface area contributed by atoms with Crippen LogP contribution in [-0.2, 0) is 19.4 Å². The molecule has 1 aromatic heterocycles. The van der Waals surface area contributed by atoms with Gasteiger partial charge in [0.1, 0.15) is 6.61 Å². The fraction of sp³-hybridized carbons (Fsp3) is 0.429. The van der Waals surface area contributed by atoms with Crippen LogP contribution in [0, 0.1) is 6.92 Å². The molecule has 1 aliphatic carbocycles. The zero-order valence-corrected chi connectivity index (χ0v) is 17.3. The van der Waals surface area contributed by atoms with Gasteiger partial charge in [-0.1, -0.05) is 18.2 Å². The van der Waals surface area contributed by atoms with Crippen LogP contribution in [0.5, 0.6) is 5.88 Å². The summed E-state index contributed by atoms with van der Waals surface area (Å²) < 4.78 is 6.80.